The molecule has 2 saturated heterocycles. The zero-order valence-electron chi connectivity index (χ0n) is 12.7. The quantitative estimate of drug-likeness (QED) is 0.925. The second-order valence-electron chi connectivity index (χ2n) is 6.09. The third kappa shape index (κ3) is 3.44. The number of nitrogens with one attached hydrogen (secondary N) is 1. The molecular weight excluding hydrogens is 264 g/mol. The Balaban J connectivity index is 1.67. The second-order valence-corrected chi connectivity index (χ2v) is 6.09. The maximum absolute atomic E-state index is 12.6. The zero-order valence-corrected chi connectivity index (χ0v) is 12.7. The number of aryl methyl sites for hydroxylation is 1. The lowest BCUT2D eigenvalue weighted by atomic mass is 10.0. The molecule has 2 fully saturated rings. The number of hydrogen-bond donors (Lipinski definition) is 1. The number of nitrogens with zero attached hydrogens (tertiary/aromatic N) is 1. The summed E-state index contributed by atoms with van der Waals surface area (Å²) in [6.45, 7) is 5.23. The van der Waals surface area contributed by atoms with E-state index in [1.54, 1.807) is 0 Å². The maximum atomic E-state index is 12.6. The van der Waals surface area contributed by atoms with Crippen LogP contribution in [0.5, 0.6) is 0 Å². The molecule has 4 heteroatoms. The van der Waals surface area contributed by atoms with Crippen molar-refractivity contribution in [2.75, 3.05) is 26.3 Å². The minimum absolute atomic E-state index is 0.171. The van der Waals surface area contributed by atoms with Crippen LogP contribution in [0.4, 0.5) is 0 Å². The van der Waals surface area contributed by atoms with E-state index in [-0.39, 0.29) is 18.0 Å². The van der Waals surface area contributed by atoms with E-state index in [4.69, 9.17) is 4.74 Å². The van der Waals surface area contributed by atoms with Crippen molar-refractivity contribution < 1.29 is 9.53 Å². The van der Waals surface area contributed by atoms with Gasteiger partial charge < -0.3 is 15.0 Å². The van der Waals surface area contributed by atoms with Crippen LogP contribution in [0.25, 0.3) is 0 Å². The van der Waals surface area contributed by atoms with Crippen LogP contribution in [0.3, 0.4) is 0 Å². The second kappa shape index (κ2) is 6.58. The van der Waals surface area contributed by atoms with Gasteiger partial charge in [-0.05, 0) is 25.3 Å². The van der Waals surface area contributed by atoms with E-state index in [1.165, 1.54) is 11.1 Å². The standard InChI is InChI=1S/C17H24N2O2/c1-13-4-2-5-14(10-13)16-6-3-8-19(16)17(20)11-15-12-21-9-7-18-15/h2,4-5,10,15-16,18H,3,6-9,11-12H2,1H3. The number of morpholine rings is 1. The molecule has 0 bridgehead atoms. The Kier molecular flexibility index (Phi) is 4.56. The average Bonchev–Trinajstić information content (AvgIpc) is 2.98. The smallest absolute Gasteiger partial charge is 0.224 e. The number of ether oxygens (including phenoxy) is 1. The van der Waals surface area contributed by atoms with E-state index in [2.05, 4.69) is 41.4 Å². The molecular formula is C17H24N2O2. The molecule has 0 aromatic heterocycles. The van der Waals surface area contributed by atoms with Crippen molar-refractivity contribution >= 4 is 5.91 Å². The van der Waals surface area contributed by atoms with Crippen LogP contribution in [0.1, 0.15) is 36.4 Å². The third-order valence-corrected chi connectivity index (χ3v) is 4.42. The highest BCUT2D eigenvalue weighted by atomic mass is 16.5. The molecule has 2 unspecified atom stereocenters. The van der Waals surface area contributed by atoms with Gasteiger partial charge in [-0.2, -0.15) is 0 Å². The lowest BCUT2D eigenvalue weighted by Crippen LogP contribution is -2.45. The zero-order chi connectivity index (χ0) is 14.7. The van der Waals surface area contributed by atoms with E-state index >= 15 is 0 Å². The Morgan fingerprint density at radius 2 is 2.38 bits per heavy atom. The van der Waals surface area contributed by atoms with Gasteiger partial charge in [-0.25, -0.2) is 0 Å². The normalized spacial score (nSPS) is 26.0. The van der Waals surface area contributed by atoms with E-state index in [1.807, 2.05) is 0 Å². The minimum atomic E-state index is 0.171. The average molecular weight is 288 g/mol. The van der Waals surface area contributed by atoms with Gasteiger partial charge in [0.2, 0.25) is 5.91 Å². The fourth-order valence-electron chi connectivity index (χ4n) is 3.37. The van der Waals surface area contributed by atoms with Crippen molar-refractivity contribution in [3.8, 4) is 0 Å². The van der Waals surface area contributed by atoms with E-state index < -0.39 is 0 Å². The highest BCUT2D eigenvalue weighted by Crippen LogP contribution is 2.32. The number of carbonyl (C=O) groups is 1. The third-order valence-electron chi connectivity index (χ3n) is 4.42. The number of likely N-dealkylation sites (tertiary alicyclic amines) is 1. The van der Waals surface area contributed by atoms with Crippen LogP contribution >= 0.6 is 0 Å². The summed E-state index contributed by atoms with van der Waals surface area (Å²) in [5.74, 6) is 0.252. The minimum Gasteiger partial charge on any atom is -0.378 e. The molecule has 114 valence electrons. The van der Waals surface area contributed by atoms with E-state index in [0.717, 1.165) is 32.5 Å². The fourth-order valence-corrected chi connectivity index (χ4v) is 3.37. The molecule has 0 saturated carbocycles. The van der Waals surface area contributed by atoms with Crippen LogP contribution in [0, 0.1) is 6.92 Å². The Bertz CT molecular complexity index is 497. The van der Waals surface area contributed by atoms with Crippen LogP contribution in [0.15, 0.2) is 24.3 Å². The molecule has 2 heterocycles. The summed E-state index contributed by atoms with van der Waals surface area (Å²) in [5.41, 5.74) is 2.53. The van der Waals surface area contributed by atoms with Gasteiger partial charge in [0.25, 0.3) is 0 Å². The monoisotopic (exact) mass is 288 g/mol. The molecule has 1 N–H and O–H groups in total. The number of rotatable bonds is 3. The highest BCUT2D eigenvalue weighted by Gasteiger charge is 2.31. The summed E-state index contributed by atoms with van der Waals surface area (Å²) in [5, 5.41) is 3.36. The van der Waals surface area contributed by atoms with Crippen molar-refractivity contribution in [1.29, 1.82) is 0 Å². The largest absolute Gasteiger partial charge is 0.378 e. The Morgan fingerprint density at radius 1 is 1.48 bits per heavy atom. The molecule has 1 aromatic rings. The maximum Gasteiger partial charge on any atom is 0.224 e. The molecule has 2 aliphatic rings. The van der Waals surface area contributed by atoms with Crippen LogP contribution < -0.4 is 5.32 Å². The van der Waals surface area contributed by atoms with Gasteiger partial charge in [0.05, 0.1) is 19.3 Å². The predicted octanol–water partition coefficient (Wildman–Crippen LogP) is 2.04. The van der Waals surface area contributed by atoms with Crippen molar-refractivity contribution in [3.63, 3.8) is 0 Å². The Morgan fingerprint density at radius 3 is 3.14 bits per heavy atom. The first-order chi connectivity index (χ1) is 10.2. The number of carbonyl (C=O) groups excluding carboxylic acids is 1. The van der Waals surface area contributed by atoms with Gasteiger partial charge in [0.15, 0.2) is 0 Å². The molecule has 3 rings (SSSR count). The first-order valence-corrected chi connectivity index (χ1v) is 7.91. The van der Waals surface area contributed by atoms with Gasteiger partial charge in [-0.1, -0.05) is 29.8 Å². The van der Waals surface area contributed by atoms with Crippen LogP contribution in [0.2, 0.25) is 0 Å². The highest BCUT2D eigenvalue weighted by molar-refractivity contribution is 5.77. The van der Waals surface area contributed by atoms with Crippen molar-refractivity contribution in [3.05, 3.63) is 35.4 Å². The van der Waals surface area contributed by atoms with Crippen LogP contribution in [-0.2, 0) is 9.53 Å². The summed E-state index contributed by atoms with van der Waals surface area (Å²) in [4.78, 5) is 14.7. The fraction of sp³-hybridized carbons (Fsp3) is 0.588. The van der Waals surface area contributed by atoms with Gasteiger partial charge in [0, 0.05) is 25.6 Å². The molecule has 2 aliphatic heterocycles. The van der Waals surface area contributed by atoms with Gasteiger partial charge in [-0.15, -0.1) is 0 Å². The topological polar surface area (TPSA) is 41.6 Å². The van der Waals surface area contributed by atoms with Crippen molar-refractivity contribution in [1.82, 2.24) is 10.2 Å². The molecule has 0 spiro atoms. The summed E-state index contributed by atoms with van der Waals surface area (Å²) in [6, 6.07) is 8.96. The number of benzene rings is 1. The summed E-state index contributed by atoms with van der Waals surface area (Å²) in [6.07, 6.45) is 2.71. The summed E-state index contributed by atoms with van der Waals surface area (Å²) < 4.78 is 5.44. The van der Waals surface area contributed by atoms with Gasteiger partial charge >= 0.3 is 0 Å². The first-order valence-electron chi connectivity index (χ1n) is 7.91. The first kappa shape index (κ1) is 14.5. The molecule has 1 aromatic carbocycles. The van der Waals surface area contributed by atoms with Crippen molar-refractivity contribution in [2.45, 2.75) is 38.3 Å². The predicted molar refractivity (Wildman–Crippen MR) is 82.1 cm³/mol. The van der Waals surface area contributed by atoms with Crippen molar-refractivity contribution in [2.24, 2.45) is 0 Å². The molecule has 21 heavy (non-hydrogen) atoms. The Hall–Kier alpha value is -1.39. The van der Waals surface area contributed by atoms with Gasteiger partial charge in [0.1, 0.15) is 0 Å². The molecule has 4 nitrogen and oxygen atoms in total. The lowest BCUT2D eigenvalue weighted by molar-refractivity contribution is -0.133. The number of hydrogen-bond acceptors (Lipinski definition) is 3. The van der Waals surface area contributed by atoms with Gasteiger partial charge in [-0.3, -0.25) is 4.79 Å². The Labute approximate surface area is 126 Å². The summed E-state index contributed by atoms with van der Waals surface area (Å²) in [7, 11) is 0. The van der Waals surface area contributed by atoms with E-state index in [0.29, 0.717) is 13.0 Å². The molecule has 1 amide bonds. The molecule has 0 radical (unpaired) electrons. The molecule has 0 aliphatic carbocycles. The number of amides is 1. The SMILES string of the molecule is Cc1cccc(C2CCCN2C(=O)CC2COCCN2)c1. The summed E-state index contributed by atoms with van der Waals surface area (Å²) >= 11 is 0. The molecule has 2 atom stereocenters. The van der Waals surface area contributed by atoms with E-state index in [9.17, 15) is 4.79 Å². The van der Waals surface area contributed by atoms with Crippen LogP contribution in [-0.4, -0.2) is 43.2 Å². The lowest BCUT2D eigenvalue weighted by Gasteiger charge is -2.29.